The maximum absolute atomic E-state index is 13.5. The Kier molecular flexibility index (Phi) is 7.59. The number of benzene rings is 2. The van der Waals surface area contributed by atoms with Gasteiger partial charge in [0.25, 0.3) is 11.6 Å². The number of nitrogens with one attached hydrogen (secondary N) is 1. The number of anilines is 1. The fourth-order valence-corrected chi connectivity index (χ4v) is 5.07. The molecule has 36 heavy (non-hydrogen) atoms. The van der Waals surface area contributed by atoms with Crippen molar-refractivity contribution in [2.45, 2.75) is 19.9 Å². The second kappa shape index (κ2) is 11.0. The predicted molar refractivity (Wildman–Crippen MR) is 137 cm³/mol. The highest BCUT2D eigenvalue weighted by Crippen LogP contribution is 2.40. The highest BCUT2D eigenvalue weighted by atomic mass is 32.1. The lowest BCUT2D eigenvalue weighted by molar-refractivity contribution is -0.384. The van der Waals surface area contributed by atoms with Gasteiger partial charge in [-0.05, 0) is 36.6 Å². The van der Waals surface area contributed by atoms with E-state index in [4.69, 9.17) is 9.47 Å². The van der Waals surface area contributed by atoms with Crippen LogP contribution in [0.1, 0.15) is 33.3 Å². The Morgan fingerprint density at radius 1 is 1.25 bits per heavy atom. The molecule has 0 atom stereocenters. The van der Waals surface area contributed by atoms with E-state index in [2.05, 4.69) is 10.3 Å². The smallest absolute Gasteiger partial charge is 0.410 e. The van der Waals surface area contributed by atoms with E-state index < -0.39 is 11.0 Å². The Bertz CT molecular complexity index is 1340. The van der Waals surface area contributed by atoms with Gasteiger partial charge in [-0.15, -0.1) is 11.3 Å². The average Bonchev–Trinajstić information content (AvgIpc) is 3.25. The van der Waals surface area contributed by atoms with Crippen LogP contribution in [0, 0.1) is 10.1 Å². The SMILES string of the molecule is CCOC(=O)N1CCc2c(sc(N=Cc3cccc([N+](=O)[O-])c3)c2C(=O)Nc2ccccc2OC)C1. The number of hydrogen-bond donors (Lipinski definition) is 1. The molecule has 0 fully saturated rings. The molecule has 0 saturated heterocycles. The number of aliphatic imine (C=N–C) groups is 1. The minimum absolute atomic E-state index is 0.0522. The number of methoxy groups -OCH3 is 1. The molecule has 0 saturated carbocycles. The number of nitrogens with zero attached hydrogens (tertiary/aromatic N) is 3. The van der Waals surface area contributed by atoms with Crippen LogP contribution >= 0.6 is 11.3 Å². The lowest BCUT2D eigenvalue weighted by Crippen LogP contribution is -2.36. The first kappa shape index (κ1) is 24.9. The Morgan fingerprint density at radius 2 is 2.06 bits per heavy atom. The van der Waals surface area contributed by atoms with Gasteiger partial charge in [-0.25, -0.2) is 9.79 Å². The summed E-state index contributed by atoms with van der Waals surface area (Å²) in [7, 11) is 1.52. The van der Waals surface area contributed by atoms with E-state index in [0.717, 1.165) is 10.4 Å². The van der Waals surface area contributed by atoms with Crippen LogP contribution in [0.15, 0.2) is 53.5 Å². The third-order valence-corrected chi connectivity index (χ3v) is 6.68. The van der Waals surface area contributed by atoms with Gasteiger partial charge >= 0.3 is 6.09 Å². The second-order valence-corrected chi connectivity index (χ2v) is 8.90. The summed E-state index contributed by atoms with van der Waals surface area (Å²) in [4.78, 5) is 43.4. The highest BCUT2D eigenvalue weighted by Gasteiger charge is 2.30. The van der Waals surface area contributed by atoms with Crippen molar-refractivity contribution in [3.05, 3.63) is 80.2 Å². The van der Waals surface area contributed by atoms with Crippen molar-refractivity contribution in [2.24, 2.45) is 4.99 Å². The molecule has 0 spiro atoms. The molecule has 1 aliphatic heterocycles. The lowest BCUT2D eigenvalue weighted by Gasteiger charge is -2.26. The lowest BCUT2D eigenvalue weighted by atomic mass is 10.0. The van der Waals surface area contributed by atoms with Crippen molar-refractivity contribution in [3.8, 4) is 5.75 Å². The van der Waals surface area contributed by atoms with Crippen LogP contribution in [0.25, 0.3) is 0 Å². The first-order chi connectivity index (χ1) is 17.4. The van der Waals surface area contributed by atoms with Gasteiger partial charge in [0, 0.05) is 29.8 Å². The number of thiophene rings is 1. The molecule has 1 aliphatic rings. The van der Waals surface area contributed by atoms with E-state index >= 15 is 0 Å². The molecule has 10 nitrogen and oxygen atoms in total. The number of carbonyl (C=O) groups is 2. The predicted octanol–water partition coefficient (Wildman–Crippen LogP) is 5.18. The second-order valence-electron chi connectivity index (χ2n) is 7.82. The van der Waals surface area contributed by atoms with Crippen LogP contribution in [0.5, 0.6) is 5.75 Å². The van der Waals surface area contributed by atoms with Gasteiger partial charge in [0.1, 0.15) is 10.8 Å². The van der Waals surface area contributed by atoms with Crippen molar-refractivity contribution in [3.63, 3.8) is 0 Å². The van der Waals surface area contributed by atoms with Gasteiger partial charge in [-0.2, -0.15) is 0 Å². The molecule has 2 amide bonds. The van der Waals surface area contributed by atoms with Gasteiger partial charge in [-0.3, -0.25) is 14.9 Å². The Labute approximate surface area is 211 Å². The number of nitro benzene ring substituents is 1. The number of rotatable bonds is 7. The maximum Gasteiger partial charge on any atom is 0.410 e. The zero-order chi connectivity index (χ0) is 25.7. The number of carbonyl (C=O) groups excluding carboxylic acids is 2. The standard InChI is InChI=1S/C25H24N4O6S/c1-3-35-25(31)28-12-11-18-21(15-28)36-24(26-14-16-7-6-8-17(13-16)29(32)33)22(18)23(30)27-19-9-4-5-10-20(19)34-2/h4-10,13-14H,3,11-12,15H2,1-2H3,(H,27,30). The number of fused-ring (bicyclic) bond motifs is 1. The Hall–Kier alpha value is -4.25. The fraction of sp³-hybridized carbons (Fsp3) is 0.240. The number of nitro groups is 1. The summed E-state index contributed by atoms with van der Waals surface area (Å²) in [6.07, 6.45) is 1.55. The molecule has 186 valence electrons. The van der Waals surface area contributed by atoms with Gasteiger partial charge < -0.3 is 19.7 Å². The Balaban J connectivity index is 1.70. The number of non-ortho nitro benzene ring substituents is 1. The quantitative estimate of drug-likeness (QED) is 0.266. The molecule has 2 heterocycles. The summed E-state index contributed by atoms with van der Waals surface area (Å²) in [5, 5.41) is 14.5. The highest BCUT2D eigenvalue weighted by molar-refractivity contribution is 7.16. The van der Waals surface area contributed by atoms with Crippen LogP contribution in [0.4, 0.5) is 21.2 Å². The topological polar surface area (TPSA) is 123 Å². The molecule has 1 aromatic heterocycles. The van der Waals surface area contributed by atoms with E-state index in [0.29, 0.717) is 47.1 Å². The molecule has 0 unspecified atom stereocenters. The van der Waals surface area contributed by atoms with Crippen LogP contribution in [-0.2, 0) is 17.7 Å². The zero-order valence-corrected chi connectivity index (χ0v) is 20.5. The molecular formula is C25H24N4O6S. The van der Waals surface area contributed by atoms with Gasteiger partial charge in [0.2, 0.25) is 0 Å². The third kappa shape index (κ3) is 5.36. The van der Waals surface area contributed by atoms with E-state index in [1.165, 1.54) is 36.8 Å². The van der Waals surface area contributed by atoms with Gasteiger partial charge in [-0.1, -0.05) is 24.3 Å². The van der Waals surface area contributed by atoms with E-state index in [1.807, 2.05) is 0 Å². The molecule has 0 aliphatic carbocycles. The van der Waals surface area contributed by atoms with E-state index in [9.17, 15) is 19.7 Å². The van der Waals surface area contributed by atoms with Crippen molar-refractivity contribution in [1.82, 2.24) is 4.90 Å². The normalized spacial score (nSPS) is 12.8. The largest absolute Gasteiger partial charge is 0.495 e. The van der Waals surface area contributed by atoms with Crippen LogP contribution in [-0.4, -0.2) is 48.3 Å². The first-order valence-electron chi connectivity index (χ1n) is 11.2. The summed E-state index contributed by atoms with van der Waals surface area (Å²) in [5.41, 5.74) is 2.22. The van der Waals surface area contributed by atoms with Crippen LogP contribution < -0.4 is 10.1 Å². The molecule has 1 N–H and O–H groups in total. The number of hydrogen-bond acceptors (Lipinski definition) is 8. The number of ether oxygens (including phenoxy) is 2. The third-order valence-electron chi connectivity index (χ3n) is 5.56. The van der Waals surface area contributed by atoms with Crippen LogP contribution in [0.2, 0.25) is 0 Å². The van der Waals surface area contributed by atoms with E-state index in [-0.39, 0.29) is 18.2 Å². The molecule has 0 radical (unpaired) electrons. The summed E-state index contributed by atoms with van der Waals surface area (Å²) in [5.74, 6) is 0.165. The van der Waals surface area contributed by atoms with Crippen molar-refractivity contribution in [2.75, 3.05) is 25.6 Å². The van der Waals surface area contributed by atoms with Gasteiger partial charge in [0.15, 0.2) is 0 Å². The van der Waals surface area contributed by atoms with Crippen molar-refractivity contribution in [1.29, 1.82) is 0 Å². The summed E-state index contributed by atoms with van der Waals surface area (Å²) in [6.45, 7) is 2.74. The summed E-state index contributed by atoms with van der Waals surface area (Å²) in [6, 6.07) is 13.2. The molecule has 4 rings (SSSR count). The Morgan fingerprint density at radius 3 is 2.81 bits per heavy atom. The molecule has 11 heteroatoms. The maximum atomic E-state index is 13.5. The minimum atomic E-state index is -0.475. The minimum Gasteiger partial charge on any atom is -0.495 e. The van der Waals surface area contributed by atoms with Crippen molar-refractivity contribution < 1.29 is 24.0 Å². The monoisotopic (exact) mass is 508 g/mol. The fourth-order valence-electron chi connectivity index (χ4n) is 3.87. The van der Waals surface area contributed by atoms with Gasteiger partial charge in [0.05, 0.1) is 36.4 Å². The molecule has 3 aromatic rings. The molecule has 0 bridgehead atoms. The summed E-state index contributed by atoms with van der Waals surface area (Å²) >= 11 is 1.31. The number of para-hydroxylation sites is 2. The van der Waals surface area contributed by atoms with E-state index in [1.54, 1.807) is 48.2 Å². The zero-order valence-electron chi connectivity index (χ0n) is 19.7. The molecule has 2 aromatic carbocycles. The molecular weight excluding hydrogens is 484 g/mol. The van der Waals surface area contributed by atoms with Crippen LogP contribution in [0.3, 0.4) is 0 Å². The summed E-state index contributed by atoms with van der Waals surface area (Å²) < 4.78 is 10.5. The number of amides is 2. The first-order valence-corrected chi connectivity index (χ1v) is 12.0. The van der Waals surface area contributed by atoms with Crippen molar-refractivity contribution >= 4 is 45.9 Å². The average molecular weight is 509 g/mol.